The highest BCUT2D eigenvalue weighted by atomic mass is 35.6. The lowest BCUT2D eigenvalue weighted by Crippen LogP contribution is -2.18. The molecule has 0 nitrogen and oxygen atoms in total. The van der Waals surface area contributed by atoms with E-state index in [4.69, 9.17) is 46.4 Å². The topological polar surface area (TPSA) is 0 Å². The van der Waals surface area contributed by atoms with E-state index in [1.165, 1.54) is 0 Å². The van der Waals surface area contributed by atoms with Gasteiger partial charge in [0.05, 0.1) is 5.38 Å². The number of hydrogen-bond acceptors (Lipinski definition) is 0. The molecule has 13 heavy (non-hydrogen) atoms. The van der Waals surface area contributed by atoms with Crippen LogP contribution in [0.15, 0.2) is 12.2 Å². The Balaban J connectivity index is 2.63. The van der Waals surface area contributed by atoms with Gasteiger partial charge < -0.3 is 0 Å². The van der Waals surface area contributed by atoms with Crippen molar-refractivity contribution in [2.45, 2.75) is 34.9 Å². The third-order valence-electron chi connectivity index (χ3n) is 2.22. The second-order valence-corrected chi connectivity index (χ2v) is 6.26. The molecular formula is C9H12Cl4. The van der Waals surface area contributed by atoms with Crippen LogP contribution in [0.25, 0.3) is 0 Å². The van der Waals surface area contributed by atoms with E-state index in [-0.39, 0.29) is 11.3 Å². The van der Waals surface area contributed by atoms with Crippen molar-refractivity contribution >= 4 is 46.4 Å². The Labute approximate surface area is 99.2 Å². The Morgan fingerprint density at radius 3 is 2.23 bits per heavy atom. The van der Waals surface area contributed by atoms with Crippen molar-refractivity contribution in [3.05, 3.63) is 12.2 Å². The molecule has 0 spiro atoms. The Morgan fingerprint density at radius 1 is 1.00 bits per heavy atom. The maximum absolute atomic E-state index is 5.99. The summed E-state index contributed by atoms with van der Waals surface area (Å²) in [4.78, 5) is 0. The van der Waals surface area contributed by atoms with E-state index in [0.29, 0.717) is 0 Å². The van der Waals surface area contributed by atoms with Crippen LogP contribution in [0.5, 0.6) is 0 Å². The van der Waals surface area contributed by atoms with E-state index >= 15 is 0 Å². The molecule has 0 aromatic rings. The maximum atomic E-state index is 5.99. The van der Waals surface area contributed by atoms with E-state index in [1.54, 1.807) is 0 Å². The van der Waals surface area contributed by atoms with E-state index in [9.17, 15) is 0 Å². The van der Waals surface area contributed by atoms with Crippen LogP contribution in [0.4, 0.5) is 0 Å². The highest BCUT2D eigenvalue weighted by Gasteiger charge is 2.30. The van der Waals surface area contributed by atoms with E-state index in [2.05, 4.69) is 0 Å². The van der Waals surface area contributed by atoms with Gasteiger partial charge in [0.25, 0.3) is 0 Å². The van der Waals surface area contributed by atoms with E-state index in [0.717, 1.165) is 25.7 Å². The van der Waals surface area contributed by atoms with Crippen LogP contribution in [0.2, 0.25) is 0 Å². The van der Waals surface area contributed by atoms with Crippen LogP contribution < -0.4 is 0 Å². The van der Waals surface area contributed by atoms with Crippen molar-refractivity contribution in [3.8, 4) is 0 Å². The summed E-state index contributed by atoms with van der Waals surface area (Å²) in [6.07, 6.45) is 8.00. The van der Waals surface area contributed by atoms with Crippen LogP contribution in [-0.4, -0.2) is 9.17 Å². The highest BCUT2D eigenvalue weighted by molar-refractivity contribution is 6.67. The molecule has 0 bridgehead atoms. The molecule has 4 heteroatoms. The molecule has 0 aliphatic heterocycles. The van der Waals surface area contributed by atoms with Gasteiger partial charge in [-0.05, 0) is 12.8 Å². The summed E-state index contributed by atoms with van der Waals surface area (Å²) < 4.78 is -1.19. The fraction of sp³-hybridized carbons (Fsp3) is 0.778. The fourth-order valence-electron chi connectivity index (χ4n) is 1.42. The predicted octanol–water partition coefficient (Wildman–Crippen LogP) is 4.71. The summed E-state index contributed by atoms with van der Waals surface area (Å²) in [6, 6.07) is 0. The number of halogens is 4. The molecule has 0 amide bonds. The molecule has 0 heterocycles. The monoisotopic (exact) mass is 260 g/mol. The molecule has 1 rings (SSSR count). The van der Waals surface area contributed by atoms with Gasteiger partial charge in [-0.1, -0.05) is 59.8 Å². The number of allylic oxidation sites excluding steroid dienone is 2. The molecular weight excluding hydrogens is 250 g/mol. The van der Waals surface area contributed by atoms with Crippen molar-refractivity contribution in [1.82, 2.24) is 0 Å². The fourth-order valence-corrected chi connectivity index (χ4v) is 2.21. The van der Waals surface area contributed by atoms with Gasteiger partial charge in [-0.15, -0.1) is 11.6 Å². The number of hydrogen-bond donors (Lipinski definition) is 0. The summed E-state index contributed by atoms with van der Waals surface area (Å²) >= 11 is 23.5. The molecule has 0 N–H and O–H groups in total. The Kier molecular flexibility index (Phi) is 4.71. The average Bonchev–Trinajstić information content (AvgIpc) is 1.94. The maximum Gasteiger partial charge on any atom is 0.196 e. The van der Waals surface area contributed by atoms with Crippen LogP contribution in [0, 0.1) is 5.92 Å². The minimum absolute atomic E-state index is 0.000880. The van der Waals surface area contributed by atoms with E-state index < -0.39 is 3.79 Å². The summed E-state index contributed by atoms with van der Waals surface area (Å²) in [7, 11) is 0. The average molecular weight is 262 g/mol. The summed E-state index contributed by atoms with van der Waals surface area (Å²) in [6.45, 7) is 0. The minimum Gasteiger partial charge on any atom is -0.118 e. The number of alkyl halides is 4. The molecule has 0 aromatic carbocycles. The lowest BCUT2D eigenvalue weighted by atomic mass is 9.98. The van der Waals surface area contributed by atoms with Gasteiger partial charge in [-0.25, -0.2) is 0 Å². The van der Waals surface area contributed by atoms with Gasteiger partial charge in [0.2, 0.25) is 0 Å². The SMILES string of the molecule is ClC1C=CC(C(Cl)(Cl)Cl)CCCC1. The molecule has 0 aromatic heterocycles. The Morgan fingerprint density at radius 2 is 1.62 bits per heavy atom. The summed E-state index contributed by atoms with van der Waals surface area (Å²) in [5.74, 6) is -0.000880. The zero-order valence-corrected chi connectivity index (χ0v) is 10.2. The van der Waals surface area contributed by atoms with Crippen LogP contribution >= 0.6 is 46.4 Å². The minimum atomic E-state index is -1.19. The van der Waals surface area contributed by atoms with Gasteiger partial charge >= 0.3 is 0 Å². The van der Waals surface area contributed by atoms with Crippen molar-refractivity contribution in [2.75, 3.05) is 0 Å². The normalized spacial score (nSPS) is 31.1. The molecule has 0 saturated heterocycles. The lowest BCUT2D eigenvalue weighted by molar-refractivity contribution is 0.528. The van der Waals surface area contributed by atoms with Crippen molar-refractivity contribution in [2.24, 2.45) is 5.92 Å². The van der Waals surface area contributed by atoms with Gasteiger partial charge in [0.15, 0.2) is 3.79 Å². The van der Waals surface area contributed by atoms with Gasteiger partial charge in [0, 0.05) is 5.92 Å². The smallest absolute Gasteiger partial charge is 0.118 e. The molecule has 76 valence electrons. The van der Waals surface area contributed by atoms with Gasteiger partial charge in [0.1, 0.15) is 0 Å². The molecule has 1 aliphatic carbocycles. The Bertz CT molecular complexity index is 183. The highest BCUT2D eigenvalue weighted by Crippen LogP contribution is 2.39. The second kappa shape index (κ2) is 5.11. The quantitative estimate of drug-likeness (QED) is 0.438. The number of rotatable bonds is 0. The molecule has 2 unspecified atom stereocenters. The standard InChI is InChI=1S/C9H12Cl4/c10-8-4-2-1-3-7(5-6-8)9(11,12)13/h5-8H,1-4H2. The molecule has 0 radical (unpaired) electrons. The Hall–Kier alpha value is 0.900. The first kappa shape index (κ1) is 12.0. The van der Waals surface area contributed by atoms with Crippen LogP contribution in [0.1, 0.15) is 25.7 Å². The van der Waals surface area contributed by atoms with Crippen molar-refractivity contribution in [3.63, 3.8) is 0 Å². The van der Waals surface area contributed by atoms with Gasteiger partial charge in [-0.2, -0.15) is 0 Å². The molecule has 1 aliphatic rings. The zero-order chi connectivity index (χ0) is 9.90. The first-order valence-corrected chi connectivity index (χ1v) is 5.96. The third-order valence-corrected chi connectivity index (χ3v) is 3.42. The summed E-state index contributed by atoms with van der Waals surface area (Å²) in [5.41, 5.74) is 0. The molecule has 2 atom stereocenters. The predicted molar refractivity (Wildman–Crippen MR) is 61.0 cm³/mol. The van der Waals surface area contributed by atoms with Crippen molar-refractivity contribution in [1.29, 1.82) is 0 Å². The first-order valence-electron chi connectivity index (χ1n) is 4.39. The second-order valence-electron chi connectivity index (χ2n) is 3.33. The molecule has 0 fully saturated rings. The molecule has 0 saturated carbocycles. The van der Waals surface area contributed by atoms with Gasteiger partial charge in [-0.3, -0.25) is 0 Å². The van der Waals surface area contributed by atoms with Crippen LogP contribution in [-0.2, 0) is 0 Å². The largest absolute Gasteiger partial charge is 0.196 e. The van der Waals surface area contributed by atoms with Crippen LogP contribution in [0.3, 0.4) is 0 Å². The lowest BCUT2D eigenvalue weighted by Gasteiger charge is -2.23. The first-order chi connectivity index (χ1) is 6.00. The third kappa shape index (κ3) is 4.29. The van der Waals surface area contributed by atoms with Crippen molar-refractivity contribution < 1.29 is 0 Å². The zero-order valence-electron chi connectivity index (χ0n) is 7.15. The summed E-state index contributed by atoms with van der Waals surface area (Å²) in [5, 5.41) is 0.0927. The van der Waals surface area contributed by atoms with E-state index in [1.807, 2.05) is 12.2 Å².